The molecule has 4 heteroatoms. The molecule has 3 rings (SSSR count). The SMILES string of the molecule is C[C@@H](Oc1ccc([C@H]2CC[C@@H](C(N)=O)N2)cc1)c1ccccc1. The van der Waals surface area contributed by atoms with Gasteiger partial charge in [0.1, 0.15) is 11.9 Å². The van der Waals surface area contributed by atoms with Gasteiger partial charge in [-0.05, 0) is 43.0 Å². The van der Waals surface area contributed by atoms with Gasteiger partial charge in [-0.1, -0.05) is 42.5 Å². The number of rotatable bonds is 5. The summed E-state index contributed by atoms with van der Waals surface area (Å²) in [7, 11) is 0. The Morgan fingerprint density at radius 1 is 1.13 bits per heavy atom. The van der Waals surface area contributed by atoms with Crippen LogP contribution in [0.1, 0.15) is 43.0 Å². The van der Waals surface area contributed by atoms with E-state index in [1.165, 1.54) is 0 Å². The zero-order chi connectivity index (χ0) is 16.2. The van der Waals surface area contributed by atoms with E-state index in [0.29, 0.717) is 0 Å². The second-order valence-corrected chi connectivity index (χ2v) is 5.99. The van der Waals surface area contributed by atoms with Gasteiger partial charge in [0.15, 0.2) is 0 Å². The zero-order valence-corrected chi connectivity index (χ0v) is 13.2. The Bertz CT molecular complexity index is 655. The first-order valence-corrected chi connectivity index (χ1v) is 8.00. The molecule has 1 amide bonds. The van der Waals surface area contributed by atoms with Gasteiger partial charge in [0.2, 0.25) is 5.91 Å². The third kappa shape index (κ3) is 3.71. The maximum absolute atomic E-state index is 11.2. The van der Waals surface area contributed by atoms with Crippen LogP contribution in [-0.2, 0) is 4.79 Å². The van der Waals surface area contributed by atoms with Gasteiger partial charge >= 0.3 is 0 Å². The monoisotopic (exact) mass is 310 g/mol. The highest BCUT2D eigenvalue weighted by Gasteiger charge is 2.28. The number of carbonyl (C=O) groups is 1. The molecule has 3 atom stereocenters. The van der Waals surface area contributed by atoms with Crippen molar-refractivity contribution in [3.05, 3.63) is 65.7 Å². The van der Waals surface area contributed by atoms with E-state index in [9.17, 15) is 4.79 Å². The predicted octanol–water partition coefficient (Wildman–Crippen LogP) is 3.11. The minimum absolute atomic E-state index is 0.00546. The van der Waals surface area contributed by atoms with E-state index in [1.807, 2.05) is 49.4 Å². The molecule has 120 valence electrons. The molecule has 1 fully saturated rings. The number of benzene rings is 2. The third-order valence-corrected chi connectivity index (χ3v) is 4.35. The van der Waals surface area contributed by atoms with Gasteiger partial charge in [-0.2, -0.15) is 0 Å². The van der Waals surface area contributed by atoms with Crippen LogP contribution < -0.4 is 15.8 Å². The van der Waals surface area contributed by atoms with Crippen LogP contribution >= 0.6 is 0 Å². The summed E-state index contributed by atoms with van der Waals surface area (Å²) in [6.45, 7) is 2.04. The second-order valence-electron chi connectivity index (χ2n) is 5.99. The van der Waals surface area contributed by atoms with E-state index in [2.05, 4.69) is 17.4 Å². The summed E-state index contributed by atoms with van der Waals surface area (Å²) in [5.41, 5.74) is 7.66. The molecular formula is C19H22N2O2. The van der Waals surface area contributed by atoms with Crippen molar-refractivity contribution in [1.82, 2.24) is 5.32 Å². The molecule has 0 saturated carbocycles. The van der Waals surface area contributed by atoms with Crippen molar-refractivity contribution in [1.29, 1.82) is 0 Å². The highest BCUT2D eigenvalue weighted by atomic mass is 16.5. The largest absolute Gasteiger partial charge is 0.486 e. The van der Waals surface area contributed by atoms with Crippen molar-refractivity contribution in [2.75, 3.05) is 0 Å². The van der Waals surface area contributed by atoms with E-state index in [-0.39, 0.29) is 24.1 Å². The molecule has 0 aromatic heterocycles. The molecule has 0 bridgehead atoms. The molecule has 4 nitrogen and oxygen atoms in total. The molecule has 1 saturated heterocycles. The molecule has 2 aromatic carbocycles. The maximum Gasteiger partial charge on any atom is 0.234 e. The summed E-state index contributed by atoms with van der Waals surface area (Å²) in [5, 5.41) is 3.28. The van der Waals surface area contributed by atoms with E-state index in [1.54, 1.807) is 0 Å². The lowest BCUT2D eigenvalue weighted by Crippen LogP contribution is -2.37. The van der Waals surface area contributed by atoms with Crippen molar-refractivity contribution < 1.29 is 9.53 Å². The number of hydrogen-bond donors (Lipinski definition) is 2. The smallest absolute Gasteiger partial charge is 0.234 e. The normalized spacial score (nSPS) is 21.8. The molecule has 3 N–H and O–H groups in total. The lowest BCUT2D eigenvalue weighted by Gasteiger charge is -2.17. The number of primary amides is 1. The average molecular weight is 310 g/mol. The minimum Gasteiger partial charge on any atom is -0.486 e. The average Bonchev–Trinajstić information content (AvgIpc) is 3.07. The molecular weight excluding hydrogens is 288 g/mol. The standard InChI is InChI=1S/C19H22N2O2/c1-13(14-5-3-2-4-6-14)23-16-9-7-15(8-10-16)17-11-12-18(21-17)19(20)22/h2-10,13,17-18,21H,11-12H2,1H3,(H2,20,22)/t13-,17-,18+/m1/s1. The Hall–Kier alpha value is -2.33. The molecule has 0 unspecified atom stereocenters. The number of nitrogens with one attached hydrogen (secondary N) is 1. The van der Waals surface area contributed by atoms with Gasteiger partial charge in [0.25, 0.3) is 0 Å². The minimum atomic E-state index is -0.274. The van der Waals surface area contributed by atoms with Crippen LogP contribution in [0.2, 0.25) is 0 Å². The first-order valence-electron chi connectivity index (χ1n) is 8.00. The summed E-state index contributed by atoms with van der Waals surface area (Å²) in [4.78, 5) is 11.2. The Morgan fingerprint density at radius 2 is 1.83 bits per heavy atom. The predicted molar refractivity (Wildman–Crippen MR) is 90.0 cm³/mol. The molecule has 2 aromatic rings. The van der Waals surface area contributed by atoms with Crippen LogP contribution in [0, 0.1) is 0 Å². The van der Waals surface area contributed by atoms with Crippen LogP contribution in [0.3, 0.4) is 0 Å². The Morgan fingerprint density at radius 3 is 2.43 bits per heavy atom. The van der Waals surface area contributed by atoms with Crippen molar-refractivity contribution in [3.8, 4) is 5.75 Å². The van der Waals surface area contributed by atoms with Gasteiger partial charge in [0.05, 0.1) is 6.04 Å². The number of hydrogen-bond acceptors (Lipinski definition) is 3. The fraction of sp³-hybridized carbons (Fsp3) is 0.316. The maximum atomic E-state index is 11.2. The van der Waals surface area contributed by atoms with Gasteiger partial charge in [-0.15, -0.1) is 0 Å². The van der Waals surface area contributed by atoms with Gasteiger partial charge in [-0.25, -0.2) is 0 Å². The van der Waals surface area contributed by atoms with Crippen molar-refractivity contribution in [2.24, 2.45) is 5.73 Å². The quantitative estimate of drug-likeness (QED) is 0.892. The van der Waals surface area contributed by atoms with Crippen LogP contribution in [-0.4, -0.2) is 11.9 Å². The first kappa shape index (κ1) is 15.6. The molecule has 0 aliphatic carbocycles. The number of carbonyl (C=O) groups excluding carboxylic acids is 1. The lowest BCUT2D eigenvalue weighted by atomic mass is 10.1. The molecule has 1 heterocycles. The highest BCUT2D eigenvalue weighted by Crippen LogP contribution is 2.29. The number of amides is 1. The Labute approximate surface area is 136 Å². The van der Waals surface area contributed by atoms with E-state index < -0.39 is 0 Å². The summed E-state index contributed by atoms with van der Waals surface area (Å²) >= 11 is 0. The fourth-order valence-corrected chi connectivity index (χ4v) is 3.01. The van der Waals surface area contributed by atoms with E-state index in [0.717, 1.165) is 29.7 Å². The molecule has 1 aliphatic heterocycles. The second kappa shape index (κ2) is 6.84. The van der Waals surface area contributed by atoms with E-state index >= 15 is 0 Å². The van der Waals surface area contributed by atoms with Crippen molar-refractivity contribution in [2.45, 2.75) is 38.0 Å². The van der Waals surface area contributed by atoms with Crippen LogP contribution in [0.25, 0.3) is 0 Å². The number of ether oxygens (including phenoxy) is 1. The number of nitrogens with two attached hydrogens (primary N) is 1. The van der Waals surface area contributed by atoms with Gasteiger partial charge in [-0.3, -0.25) is 10.1 Å². The molecule has 0 spiro atoms. The van der Waals surface area contributed by atoms with Gasteiger partial charge in [0, 0.05) is 6.04 Å². The van der Waals surface area contributed by atoms with E-state index in [4.69, 9.17) is 10.5 Å². The summed E-state index contributed by atoms with van der Waals surface area (Å²) in [5.74, 6) is 0.568. The lowest BCUT2D eigenvalue weighted by molar-refractivity contribution is -0.119. The summed E-state index contributed by atoms with van der Waals surface area (Å²) in [6.07, 6.45) is 1.73. The first-order chi connectivity index (χ1) is 11.1. The third-order valence-electron chi connectivity index (χ3n) is 4.35. The summed E-state index contributed by atoms with van der Waals surface area (Å²) < 4.78 is 5.98. The highest BCUT2D eigenvalue weighted by molar-refractivity contribution is 5.80. The molecule has 0 radical (unpaired) electrons. The van der Waals surface area contributed by atoms with Gasteiger partial charge < -0.3 is 10.5 Å². The Kier molecular flexibility index (Phi) is 4.63. The molecule has 1 aliphatic rings. The van der Waals surface area contributed by atoms with Crippen LogP contribution in [0.5, 0.6) is 5.75 Å². The van der Waals surface area contributed by atoms with Crippen LogP contribution in [0.15, 0.2) is 54.6 Å². The van der Waals surface area contributed by atoms with Crippen molar-refractivity contribution >= 4 is 5.91 Å². The molecule has 23 heavy (non-hydrogen) atoms. The summed E-state index contributed by atoms with van der Waals surface area (Å²) in [6, 6.07) is 18.2. The topological polar surface area (TPSA) is 64.3 Å². The fourth-order valence-electron chi connectivity index (χ4n) is 3.01. The van der Waals surface area contributed by atoms with Crippen LogP contribution in [0.4, 0.5) is 0 Å². The van der Waals surface area contributed by atoms with Crippen molar-refractivity contribution in [3.63, 3.8) is 0 Å². The zero-order valence-electron chi connectivity index (χ0n) is 13.2. The Balaban J connectivity index is 1.63.